The zero-order chi connectivity index (χ0) is 8.55. The Morgan fingerprint density at radius 3 is 3.17 bits per heavy atom. The van der Waals surface area contributed by atoms with Gasteiger partial charge in [0, 0.05) is 11.8 Å². The maximum Gasteiger partial charge on any atom is 0.248 e. The van der Waals surface area contributed by atoms with Crippen LogP contribution in [0.5, 0.6) is 0 Å². The van der Waals surface area contributed by atoms with E-state index in [0.29, 0.717) is 11.2 Å². The third-order valence-electron chi connectivity index (χ3n) is 1.58. The predicted molar refractivity (Wildman–Crippen MR) is 41.5 cm³/mol. The Labute approximate surface area is 67.8 Å². The van der Waals surface area contributed by atoms with Crippen LogP contribution >= 0.6 is 0 Å². The summed E-state index contributed by atoms with van der Waals surface area (Å²) in [6, 6.07) is 3.22. The number of rotatable bonds is 1. The third kappa shape index (κ3) is 0.914. The number of aromatic nitrogens is 3. The van der Waals surface area contributed by atoms with Crippen LogP contribution in [-0.4, -0.2) is 20.5 Å². The molecular weight excluding hydrogens is 156 g/mol. The van der Waals surface area contributed by atoms with Gasteiger partial charge in [-0.1, -0.05) is 0 Å². The van der Waals surface area contributed by atoms with Crippen LogP contribution in [0, 0.1) is 0 Å². The van der Waals surface area contributed by atoms with Crippen molar-refractivity contribution in [2.24, 2.45) is 5.73 Å². The molecule has 0 fully saturated rings. The molecule has 0 spiro atoms. The minimum absolute atomic E-state index is 0.440. The van der Waals surface area contributed by atoms with Crippen molar-refractivity contribution in [3.63, 3.8) is 0 Å². The fourth-order valence-corrected chi connectivity index (χ4v) is 0.971. The van der Waals surface area contributed by atoms with E-state index >= 15 is 0 Å². The summed E-state index contributed by atoms with van der Waals surface area (Å²) >= 11 is 0. The first-order valence-corrected chi connectivity index (χ1v) is 3.36. The van der Waals surface area contributed by atoms with E-state index in [1.165, 1.54) is 0 Å². The minimum atomic E-state index is -0.458. The molecule has 5 nitrogen and oxygen atoms in total. The summed E-state index contributed by atoms with van der Waals surface area (Å²) in [7, 11) is 0. The highest BCUT2D eigenvalue weighted by molar-refractivity contribution is 5.93. The van der Waals surface area contributed by atoms with E-state index in [9.17, 15) is 4.79 Å². The molecule has 0 aliphatic rings. The van der Waals surface area contributed by atoms with Crippen molar-refractivity contribution in [1.29, 1.82) is 0 Å². The van der Waals surface area contributed by atoms with Crippen molar-refractivity contribution in [2.75, 3.05) is 0 Å². The summed E-state index contributed by atoms with van der Waals surface area (Å²) in [6.45, 7) is 0. The summed E-state index contributed by atoms with van der Waals surface area (Å²) in [4.78, 5) is 10.7. The molecule has 2 N–H and O–H groups in total. The lowest BCUT2D eigenvalue weighted by molar-refractivity contribution is 0.100. The largest absolute Gasteiger partial charge is 0.366 e. The van der Waals surface area contributed by atoms with Crippen LogP contribution in [0.3, 0.4) is 0 Å². The van der Waals surface area contributed by atoms with Crippen LogP contribution in [0.2, 0.25) is 0 Å². The van der Waals surface area contributed by atoms with Crippen LogP contribution in [0.4, 0.5) is 0 Å². The Hall–Kier alpha value is -1.91. The molecule has 0 saturated carbocycles. The van der Waals surface area contributed by atoms with E-state index in [1.54, 1.807) is 29.1 Å². The van der Waals surface area contributed by atoms with Gasteiger partial charge >= 0.3 is 0 Å². The van der Waals surface area contributed by atoms with Gasteiger partial charge in [-0.25, -0.2) is 0 Å². The van der Waals surface area contributed by atoms with E-state index in [4.69, 9.17) is 5.73 Å². The van der Waals surface area contributed by atoms with Crippen LogP contribution in [0.1, 0.15) is 10.4 Å². The van der Waals surface area contributed by atoms with E-state index in [2.05, 4.69) is 10.2 Å². The van der Waals surface area contributed by atoms with Gasteiger partial charge in [-0.15, -0.1) is 10.2 Å². The van der Waals surface area contributed by atoms with Crippen LogP contribution in [-0.2, 0) is 0 Å². The van der Waals surface area contributed by atoms with E-state index < -0.39 is 5.91 Å². The Bertz CT molecular complexity index is 434. The lowest BCUT2D eigenvalue weighted by Gasteiger charge is -1.94. The highest BCUT2D eigenvalue weighted by Gasteiger charge is 2.01. The molecule has 0 bridgehead atoms. The molecule has 2 aromatic rings. The Kier molecular flexibility index (Phi) is 1.30. The van der Waals surface area contributed by atoms with Gasteiger partial charge in [0.05, 0.1) is 0 Å². The smallest absolute Gasteiger partial charge is 0.248 e. The lowest BCUT2D eigenvalue weighted by atomic mass is 10.2. The fraction of sp³-hybridized carbons (Fsp3) is 0. The predicted octanol–water partition coefficient (Wildman–Crippen LogP) is -0.172. The number of amides is 1. The first-order valence-electron chi connectivity index (χ1n) is 3.36. The number of nitrogens with two attached hydrogens (primary N) is 1. The molecule has 2 heterocycles. The zero-order valence-corrected chi connectivity index (χ0v) is 6.14. The van der Waals surface area contributed by atoms with Crippen molar-refractivity contribution in [3.8, 4) is 0 Å². The van der Waals surface area contributed by atoms with Gasteiger partial charge in [0.2, 0.25) is 5.91 Å². The van der Waals surface area contributed by atoms with Crippen LogP contribution in [0.15, 0.2) is 24.7 Å². The van der Waals surface area contributed by atoms with Gasteiger partial charge in [0.15, 0.2) is 5.65 Å². The molecule has 12 heavy (non-hydrogen) atoms. The molecule has 0 atom stereocenters. The lowest BCUT2D eigenvalue weighted by Crippen LogP contribution is -2.10. The molecule has 2 rings (SSSR count). The van der Waals surface area contributed by atoms with Gasteiger partial charge in [-0.05, 0) is 12.1 Å². The summed E-state index contributed by atoms with van der Waals surface area (Å²) in [5, 5.41) is 7.43. The van der Waals surface area contributed by atoms with E-state index in [-0.39, 0.29) is 0 Å². The van der Waals surface area contributed by atoms with Gasteiger partial charge < -0.3 is 5.73 Å². The van der Waals surface area contributed by atoms with Crippen molar-refractivity contribution >= 4 is 11.6 Å². The van der Waals surface area contributed by atoms with E-state index in [0.717, 1.165) is 0 Å². The zero-order valence-electron chi connectivity index (χ0n) is 6.14. The first-order chi connectivity index (χ1) is 5.77. The number of hydrogen-bond donors (Lipinski definition) is 1. The number of hydrogen-bond acceptors (Lipinski definition) is 3. The maximum atomic E-state index is 10.7. The number of nitrogens with zero attached hydrogens (tertiary/aromatic N) is 3. The van der Waals surface area contributed by atoms with Gasteiger partial charge in [-0.3, -0.25) is 9.20 Å². The highest BCUT2D eigenvalue weighted by Crippen LogP contribution is 2.02. The number of carbonyl (C=O) groups excluding carboxylic acids is 1. The molecule has 0 aliphatic heterocycles. The van der Waals surface area contributed by atoms with Crippen molar-refractivity contribution in [1.82, 2.24) is 14.6 Å². The molecular formula is C7H6N4O. The summed E-state index contributed by atoms with van der Waals surface area (Å²) < 4.78 is 1.70. The maximum absolute atomic E-state index is 10.7. The minimum Gasteiger partial charge on any atom is -0.366 e. The second-order valence-corrected chi connectivity index (χ2v) is 2.38. The van der Waals surface area contributed by atoms with Crippen molar-refractivity contribution in [2.45, 2.75) is 0 Å². The molecule has 0 radical (unpaired) electrons. The number of pyridine rings is 1. The summed E-state index contributed by atoms with van der Waals surface area (Å²) in [5.41, 5.74) is 6.13. The Balaban J connectivity index is 2.68. The molecule has 0 saturated heterocycles. The summed E-state index contributed by atoms with van der Waals surface area (Å²) in [5.74, 6) is -0.458. The van der Waals surface area contributed by atoms with Crippen molar-refractivity contribution < 1.29 is 4.79 Å². The average molecular weight is 162 g/mol. The SMILES string of the molecule is NC(=O)c1ccn2cnnc2c1. The summed E-state index contributed by atoms with van der Waals surface area (Å²) in [6.07, 6.45) is 3.25. The Morgan fingerprint density at radius 2 is 2.42 bits per heavy atom. The number of primary amides is 1. The molecule has 5 heteroatoms. The Morgan fingerprint density at radius 1 is 1.58 bits per heavy atom. The van der Waals surface area contributed by atoms with E-state index in [1.807, 2.05) is 0 Å². The number of carbonyl (C=O) groups is 1. The molecule has 0 unspecified atom stereocenters. The third-order valence-corrected chi connectivity index (χ3v) is 1.58. The van der Waals surface area contributed by atoms with Gasteiger partial charge in [0.1, 0.15) is 6.33 Å². The fourth-order valence-electron chi connectivity index (χ4n) is 0.971. The van der Waals surface area contributed by atoms with Gasteiger partial charge in [0.25, 0.3) is 0 Å². The molecule has 0 aliphatic carbocycles. The quantitative estimate of drug-likeness (QED) is 0.632. The second-order valence-electron chi connectivity index (χ2n) is 2.38. The standard InChI is InChI=1S/C7H6N4O/c8-7(12)5-1-2-11-4-9-10-6(11)3-5/h1-4H,(H2,8,12). The topological polar surface area (TPSA) is 73.3 Å². The van der Waals surface area contributed by atoms with Crippen LogP contribution < -0.4 is 5.73 Å². The second kappa shape index (κ2) is 2.30. The molecule has 60 valence electrons. The molecule has 0 aromatic carbocycles. The van der Waals surface area contributed by atoms with Gasteiger partial charge in [-0.2, -0.15) is 0 Å². The van der Waals surface area contributed by atoms with Crippen LogP contribution in [0.25, 0.3) is 5.65 Å². The normalized spacial score (nSPS) is 10.3. The molecule has 2 aromatic heterocycles. The first kappa shape index (κ1) is 6.78. The van der Waals surface area contributed by atoms with Crippen molar-refractivity contribution in [3.05, 3.63) is 30.2 Å². The monoisotopic (exact) mass is 162 g/mol. The molecule has 1 amide bonds. The highest BCUT2D eigenvalue weighted by atomic mass is 16.1. The average Bonchev–Trinajstić information content (AvgIpc) is 2.49. The number of fused-ring (bicyclic) bond motifs is 1.